The van der Waals surface area contributed by atoms with Crippen molar-refractivity contribution in [1.82, 2.24) is 4.90 Å². The third kappa shape index (κ3) is 4.21. The molecule has 0 aliphatic carbocycles. The number of benzene rings is 1. The van der Waals surface area contributed by atoms with Crippen molar-refractivity contribution < 1.29 is 5.11 Å². The first kappa shape index (κ1) is 14.3. The van der Waals surface area contributed by atoms with Gasteiger partial charge < -0.3 is 5.11 Å². The van der Waals surface area contributed by atoms with Gasteiger partial charge in [-0.05, 0) is 32.4 Å². The number of nitrogens with zero attached hydrogens (tertiary/aromatic N) is 1. The van der Waals surface area contributed by atoms with Crippen molar-refractivity contribution in [3.63, 3.8) is 0 Å². The van der Waals surface area contributed by atoms with E-state index in [0.29, 0.717) is 17.0 Å². The van der Waals surface area contributed by atoms with E-state index < -0.39 is 0 Å². The van der Waals surface area contributed by atoms with E-state index in [-0.39, 0.29) is 5.75 Å². The van der Waals surface area contributed by atoms with Gasteiger partial charge in [-0.3, -0.25) is 4.90 Å². The molecule has 1 aromatic rings. The van der Waals surface area contributed by atoms with Crippen LogP contribution in [0.4, 0.5) is 0 Å². The molecule has 0 aliphatic rings. The molecule has 1 atom stereocenters. The van der Waals surface area contributed by atoms with Crippen molar-refractivity contribution in [3.05, 3.63) is 28.8 Å². The minimum Gasteiger partial charge on any atom is -0.506 e. The normalized spacial score (nSPS) is 13.4. The van der Waals surface area contributed by atoms with Gasteiger partial charge in [0.05, 0.1) is 5.02 Å². The second-order valence-corrected chi connectivity index (χ2v) is 5.55. The molecule has 0 amide bonds. The van der Waals surface area contributed by atoms with Crippen molar-refractivity contribution in [2.75, 3.05) is 7.05 Å². The second kappa shape index (κ2) is 6.27. The maximum absolute atomic E-state index is 9.85. The maximum Gasteiger partial charge on any atom is 0.138 e. The van der Waals surface area contributed by atoms with Crippen LogP contribution in [0.1, 0.15) is 32.8 Å². The first-order valence-electron chi connectivity index (χ1n) is 6.08. The van der Waals surface area contributed by atoms with E-state index in [4.69, 9.17) is 11.6 Å². The van der Waals surface area contributed by atoms with Gasteiger partial charge in [0.15, 0.2) is 0 Å². The summed E-state index contributed by atoms with van der Waals surface area (Å²) in [5, 5.41) is 10.3. The molecule has 0 spiro atoms. The fraction of sp³-hybridized carbons (Fsp3) is 0.571. The van der Waals surface area contributed by atoms with E-state index in [1.54, 1.807) is 6.07 Å². The van der Waals surface area contributed by atoms with Crippen LogP contribution in [0.15, 0.2) is 18.2 Å². The molecule has 0 radical (unpaired) electrons. The van der Waals surface area contributed by atoms with Gasteiger partial charge in [-0.15, -0.1) is 0 Å². The number of hydrogen-bond acceptors (Lipinski definition) is 2. The lowest BCUT2D eigenvalue weighted by molar-refractivity contribution is 0.218. The first-order chi connectivity index (χ1) is 7.91. The Balaban J connectivity index is 2.67. The minimum absolute atomic E-state index is 0.206. The highest BCUT2D eigenvalue weighted by molar-refractivity contribution is 6.32. The molecule has 0 bridgehead atoms. The van der Waals surface area contributed by atoms with E-state index >= 15 is 0 Å². The van der Waals surface area contributed by atoms with Gasteiger partial charge in [0, 0.05) is 18.2 Å². The summed E-state index contributed by atoms with van der Waals surface area (Å²) in [6.45, 7) is 7.38. The van der Waals surface area contributed by atoms with Crippen LogP contribution >= 0.6 is 11.6 Å². The van der Waals surface area contributed by atoms with Crippen molar-refractivity contribution in [3.8, 4) is 5.75 Å². The smallest absolute Gasteiger partial charge is 0.138 e. The average molecular weight is 256 g/mol. The minimum atomic E-state index is 0.206. The Hall–Kier alpha value is -0.730. The van der Waals surface area contributed by atoms with E-state index in [1.165, 1.54) is 0 Å². The van der Waals surface area contributed by atoms with Crippen LogP contribution in [-0.2, 0) is 6.54 Å². The van der Waals surface area contributed by atoms with Crippen molar-refractivity contribution >= 4 is 11.6 Å². The molecule has 1 unspecified atom stereocenters. The van der Waals surface area contributed by atoms with Crippen LogP contribution < -0.4 is 0 Å². The maximum atomic E-state index is 9.85. The van der Waals surface area contributed by atoms with Gasteiger partial charge >= 0.3 is 0 Å². The van der Waals surface area contributed by atoms with Crippen LogP contribution in [0.25, 0.3) is 0 Å². The van der Waals surface area contributed by atoms with Crippen LogP contribution in [0.5, 0.6) is 5.75 Å². The number of hydrogen-bond donors (Lipinski definition) is 1. The number of halogens is 1. The fourth-order valence-electron chi connectivity index (χ4n) is 1.97. The molecule has 1 rings (SSSR count). The Morgan fingerprint density at radius 1 is 1.29 bits per heavy atom. The molecule has 0 saturated heterocycles. The Morgan fingerprint density at radius 3 is 2.53 bits per heavy atom. The molecule has 0 fully saturated rings. The second-order valence-electron chi connectivity index (χ2n) is 5.14. The predicted molar refractivity (Wildman–Crippen MR) is 73.5 cm³/mol. The topological polar surface area (TPSA) is 23.5 Å². The summed E-state index contributed by atoms with van der Waals surface area (Å²) < 4.78 is 0. The average Bonchev–Trinajstić information content (AvgIpc) is 2.23. The molecule has 17 heavy (non-hydrogen) atoms. The van der Waals surface area contributed by atoms with Crippen LogP contribution in [0.2, 0.25) is 5.02 Å². The summed E-state index contributed by atoms with van der Waals surface area (Å²) in [6.07, 6.45) is 1.15. The molecule has 0 saturated carbocycles. The van der Waals surface area contributed by atoms with Crippen molar-refractivity contribution in [2.24, 2.45) is 5.92 Å². The molecule has 96 valence electrons. The number of phenolic OH excluding ortho intramolecular Hbond substituents is 1. The van der Waals surface area contributed by atoms with Crippen LogP contribution in [-0.4, -0.2) is 23.1 Å². The fourth-order valence-corrected chi connectivity index (χ4v) is 2.17. The number of para-hydroxylation sites is 1. The van der Waals surface area contributed by atoms with Gasteiger partial charge in [0.2, 0.25) is 0 Å². The third-order valence-corrected chi connectivity index (χ3v) is 3.36. The summed E-state index contributed by atoms with van der Waals surface area (Å²) in [5.74, 6) is 0.887. The van der Waals surface area contributed by atoms with Crippen LogP contribution in [0, 0.1) is 5.92 Å². The first-order valence-corrected chi connectivity index (χ1v) is 6.46. The zero-order chi connectivity index (χ0) is 13.0. The summed E-state index contributed by atoms with van der Waals surface area (Å²) in [7, 11) is 2.08. The lowest BCUT2D eigenvalue weighted by atomic mass is 10.0. The monoisotopic (exact) mass is 255 g/mol. The van der Waals surface area contributed by atoms with Gasteiger partial charge in [0.1, 0.15) is 5.75 Å². The van der Waals surface area contributed by atoms with Gasteiger partial charge in [0.25, 0.3) is 0 Å². The number of phenols is 1. The molecule has 3 heteroatoms. The number of rotatable bonds is 5. The third-order valence-electron chi connectivity index (χ3n) is 3.06. The van der Waals surface area contributed by atoms with Gasteiger partial charge in [-0.25, -0.2) is 0 Å². The van der Waals surface area contributed by atoms with E-state index in [9.17, 15) is 5.11 Å². The Bertz CT molecular complexity index is 365. The van der Waals surface area contributed by atoms with Crippen molar-refractivity contribution in [1.29, 1.82) is 0 Å². The standard InChI is InChI=1S/C14H22ClNO/c1-10(2)8-11(3)16(4)9-12-6-5-7-13(15)14(12)17/h5-7,10-11,17H,8-9H2,1-4H3. The summed E-state index contributed by atoms with van der Waals surface area (Å²) in [5.41, 5.74) is 0.885. The SMILES string of the molecule is CC(C)CC(C)N(C)Cc1cccc(Cl)c1O. The molecular weight excluding hydrogens is 234 g/mol. The molecule has 0 aromatic heterocycles. The molecule has 1 N–H and O–H groups in total. The van der Waals surface area contributed by atoms with E-state index in [2.05, 4.69) is 32.7 Å². The zero-order valence-electron chi connectivity index (χ0n) is 11.1. The molecular formula is C14H22ClNO. The highest BCUT2D eigenvalue weighted by Gasteiger charge is 2.13. The zero-order valence-corrected chi connectivity index (χ0v) is 11.8. The van der Waals surface area contributed by atoms with E-state index in [0.717, 1.165) is 18.5 Å². The molecule has 0 heterocycles. The lowest BCUT2D eigenvalue weighted by Crippen LogP contribution is -2.29. The summed E-state index contributed by atoms with van der Waals surface area (Å²) >= 11 is 5.89. The molecule has 2 nitrogen and oxygen atoms in total. The quantitative estimate of drug-likeness (QED) is 0.862. The number of aromatic hydroxyl groups is 1. The Labute approximate surface area is 109 Å². The largest absolute Gasteiger partial charge is 0.506 e. The predicted octanol–water partition coefficient (Wildman–Crippen LogP) is 3.91. The highest BCUT2D eigenvalue weighted by Crippen LogP contribution is 2.28. The lowest BCUT2D eigenvalue weighted by Gasteiger charge is -2.26. The summed E-state index contributed by atoms with van der Waals surface area (Å²) in [4.78, 5) is 2.24. The van der Waals surface area contributed by atoms with Gasteiger partial charge in [-0.1, -0.05) is 37.6 Å². The Kier molecular flexibility index (Phi) is 5.29. The Morgan fingerprint density at radius 2 is 1.94 bits per heavy atom. The van der Waals surface area contributed by atoms with E-state index in [1.807, 2.05) is 12.1 Å². The van der Waals surface area contributed by atoms with Crippen molar-refractivity contribution in [2.45, 2.75) is 39.8 Å². The molecule has 1 aromatic carbocycles. The van der Waals surface area contributed by atoms with Gasteiger partial charge in [-0.2, -0.15) is 0 Å². The summed E-state index contributed by atoms with van der Waals surface area (Å²) in [6, 6.07) is 5.99. The highest BCUT2D eigenvalue weighted by atomic mass is 35.5. The van der Waals surface area contributed by atoms with Crippen LogP contribution in [0.3, 0.4) is 0 Å². The molecule has 0 aliphatic heterocycles.